The van der Waals surface area contributed by atoms with E-state index in [1.54, 1.807) is 29.5 Å². The van der Waals surface area contributed by atoms with E-state index in [9.17, 15) is 4.79 Å². The molecule has 0 amide bonds. The summed E-state index contributed by atoms with van der Waals surface area (Å²) in [6.07, 6.45) is 8.31. The molecular weight excluding hydrogens is 430 g/mol. The van der Waals surface area contributed by atoms with Gasteiger partial charge in [-0.1, -0.05) is 23.7 Å². The summed E-state index contributed by atoms with van der Waals surface area (Å²) in [5, 5.41) is 4.19. The van der Waals surface area contributed by atoms with Crippen LogP contribution in [0.1, 0.15) is 26.3 Å². The van der Waals surface area contributed by atoms with Gasteiger partial charge in [-0.25, -0.2) is 14.6 Å². The van der Waals surface area contributed by atoms with Crippen LogP contribution in [0.15, 0.2) is 72.3 Å². The number of hydrogen-bond donors (Lipinski definition) is 0. The fourth-order valence-electron chi connectivity index (χ4n) is 2.98. The zero-order chi connectivity index (χ0) is 22.7. The predicted molar refractivity (Wildman–Crippen MR) is 121 cm³/mol. The number of rotatable bonds is 6. The van der Waals surface area contributed by atoms with Crippen LogP contribution in [-0.2, 0) is 12.1 Å². The van der Waals surface area contributed by atoms with E-state index < -0.39 is 5.54 Å². The van der Waals surface area contributed by atoms with Crippen LogP contribution >= 0.6 is 11.6 Å². The molecule has 164 valence electrons. The van der Waals surface area contributed by atoms with Gasteiger partial charge in [0.15, 0.2) is 22.3 Å². The highest BCUT2D eigenvalue weighted by atomic mass is 35.5. The minimum absolute atomic E-state index is 0.0125. The summed E-state index contributed by atoms with van der Waals surface area (Å²) < 4.78 is 14.9. The second-order valence-electron chi connectivity index (χ2n) is 8.04. The molecule has 0 aliphatic heterocycles. The standard InChI is InChI=1S/C23H22ClN5O3/c1-23(2,3)29-22(30)20(24)19(13-27-29)31-14-16-6-8-17(9-7-16)32-18-5-4-10-26-21(18)28-12-11-25-15-28/h4-13,15H,14H2,1-3H3. The topological polar surface area (TPSA) is 84.1 Å². The van der Waals surface area contributed by atoms with E-state index in [4.69, 9.17) is 21.1 Å². The lowest BCUT2D eigenvalue weighted by atomic mass is 10.1. The molecule has 0 spiro atoms. The molecule has 3 aromatic heterocycles. The molecule has 0 atom stereocenters. The molecule has 0 unspecified atom stereocenters. The van der Waals surface area contributed by atoms with Gasteiger partial charge in [-0.2, -0.15) is 5.10 Å². The van der Waals surface area contributed by atoms with Crippen molar-refractivity contribution in [1.82, 2.24) is 24.3 Å². The monoisotopic (exact) mass is 451 g/mol. The highest BCUT2D eigenvalue weighted by Gasteiger charge is 2.20. The Morgan fingerprint density at radius 2 is 1.84 bits per heavy atom. The molecule has 32 heavy (non-hydrogen) atoms. The van der Waals surface area contributed by atoms with E-state index in [0.29, 0.717) is 17.3 Å². The molecule has 1 aromatic carbocycles. The number of imidazole rings is 1. The maximum atomic E-state index is 12.4. The molecule has 9 heteroatoms. The van der Waals surface area contributed by atoms with Crippen LogP contribution in [-0.4, -0.2) is 24.3 Å². The summed E-state index contributed by atoms with van der Waals surface area (Å²) in [7, 11) is 0. The summed E-state index contributed by atoms with van der Waals surface area (Å²) in [6.45, 7) is 5.87. The van der Waals surface area contributed by atoms with Gasteiger partial charge in [0.05, 0.1) is 11.7 Å². The van der Waals surface area contributed by atoms with Gasteiger partial charge >= 0.3 is 0 Å². The molecule has 0 aliphatic rings. The van der Waals surface area contributed by atoms with E-state index >= 15 is 0 Å². The Kier molecular flexibility index (Phi) is 5.96. The lowest BCUT2D eigenvalue weighted by Gasteiger charge is -2.21. The van der Waals surface area contributed by atoms with Gasteiger partial charge in [-0.05, 0) is 50.6 Å². The van der Waals surface area contributed by atoms with Crippen molar-refractivity contribution in [3.05, 3.63) is 88.5 Å². The van der Waals surface area contributed by atoms with Crippen molar-refractivity contribution in [3.63, 3.8) is 0 Å². The number of halogens is 1. The molecule has 0 N–H and O–H groups in total. The van der Waals surface area contributed by atoms with E-state index in [1.807, 2.05) is 57.2 Å². The first-order valence-electron chi connectivity index (χ1n) is 9.94. The molecule has 4 rings (SSSR count). The minimum atomic E-state index is -0.471. The number of pyridine rings is 1. The number of benzene rings is 1. The highest BCUT2D eigenvalue weighted by molar-refractivity contribution is 6.31. The Bertz CT molecular complexity index is 1260. The lowest BCUT2D eigenvalue weighted by Crippen LogP contribution is -2.36. The average molecular weight is 452 g/mol. The van der Waals surface area contributed by atoms with E-state index in [1.165, 1.54) is 10.9 Å². The number of aromatic nitrogens is 5. The maximum absolute atomic E-state index is 12.4. The van der Waals surface area contributed by atoms with Gasteiger partial charge in [-0.3, -0.25) is 9.36 Å². The van der Waals surface area contributed by atoms with E-state index in [0.717, 1.165) is 5.56 Å². The fraction of sp³-hybridized carbons (Fsp3) is 0.217. The summed E-state index contributed by atoms with van der Waals surface area (Å²) in [6, 6.07) is 11.1. The van der Waals surface area contributed by atoms with Crippen LogP contribution < -0.4 is 15.0 Å². The predicted octanol–water partition coefficient (Wildman–Crippen LogP) is 4.60. The third kappa shape index (κ3) is 4.65. The van der Waals surface area contributed by atoms with Crippen LogP contribution in [0.25, 0.3) is 5.82 Å². The third-order valence-corrected chi connectivity index (χ3v) is 4.92. The molecule has 8 nitrogen and oxygen atoms in total. The van der Waals surface area contributed by atoms with Gasteiger partial charge in [0.2, 0.25) is 0 Å². The van der Waals surface area contributed by atoms with Crippen molar-refractivity contribution in [2.24, 2.45) is 0 Å². The molecular formula is C23H22ClN5O3. The number of hydrogen-bond acceptors (Lipinski definition) is 6. The average Bonchev–Trinajstić information content (AvgIpc) is 3.30. The molecule has 3 heterocycles. The summed E-state index contributed by atoms with van der Waals surface area (Å²) in [4.78, 5) is 20.9. The summed E-state index contributed by atoms with van der Waals surface area (Å²) in [5.41, 5.74) is 0.0289. The zero-order valence-electron chi connectivity index (χ0n) is 17.9. The molecule has 4 aromatic rings. The van der Waals surface area contributed by atoms with Crippen molar-refractivity contribution in [1.29, 1.82) is 0 Å². The van der Waals surface area contributed by atoms with Gasteiger partial charge in [0.1, 0.15) is 18.7 Å². The third-order valence-electron chi connectivity index (χ3n) is 4.57. The second-order valence-corrected chi connectivity index (χ2v) is 8.42. The van der Waals surface area contributed by atoms with Gasteiger partial charge < -0.3 is 9.47 Å². The SMILES string of the molecule is CC(C)(C)n1ncc(OCc2ccc(Oc3cccnc3-n3ccnc3)cc2)c(Cl)c1=O. The van der Waals surface area contributed by atoms with E-state index in [2.05, 4.69) is 15.1 Å². The smallest absolute Gasteiger partial charge is 0.289 e. The van der Waals surface area contributed by atoms with Crippen molar-refractivity contribution < 1.29 is 9.47 Å². The molecule has 0 bridgehead atoms. The Hall–Kier alpha value is -3.65. The molecule has 0 radical (unpaired) electrons. The Labute approximate surface area is 190 Å². The largest absolute Gasteiger partial charge is 0.485 e. The first kappa shape index (κ1) is 21.6. The minimum Gasteiger partial charge on any atom is -0.485 e. The Morgan fingerprint density at radius 1 is 1.06 bits per heavy atom. The van der Waals surface area contributed by atoms with Crippen molar-refractivity contribution >= 4 is 11.6 Å². The molecule has 0 fully saturated rings. The number of nitrogens with zero attached hydrogens (tertiary/aromatic N) is 5. The van der Waals surface area contributed by atoms with Crippen LogP contribution in [0.3, 0.4) is 0 Å². The zero-order valence-corrected chi connectivity index (χ0v) is 18.7. The van der Waals surface area contributed by atoms with Crippen LogP contribution in [0.4, 0.5) is 0 Å². The van der Waals surface area contributed by atoms with Crippen molar-refractivity contribution in [3.8, 4) is 23.1 Å². The molecule has 0 aliphatic carbocycles. The maximum Gasteiger partial charge on any atom is 0.289 e. The van der Waals surface area contributed by atoms with Gasteiger partial charge in [0.25, 0.3) is 5.56 Å². The van der Waals surface area contributed by atoms with Gasteiger partial charge in [-0.15, -0.1) is 0 Å². The first-order chi connectivity index (χ1) is 15.3. The van der Waals surface area contributed by atoms with Crippen molar-refractivity contribution in [2.75, 3.05) is 0 Å². The lowest BCUT2D eigenvalue weighted by molar-refractivity contribution is 0.292. The van der Waals surface area contributed by atoms with Crippen LogP contribution in [0, 0.1) is 0 Å². The molecule has 0 saturated carbocycles. The van der Waals surface area contributed by atoms with E-state index in [-0.39, 0.29) is 22.9 Å². The molecule has 0 saturated heterocycles. The Balaban J connectivity index is 1.45. The van der Waals surface area contributed by atoms with Crippen molar-refractivity contribution in [2.45, 2.75) is 32.9 Å². The summed E-state index contributed by atoms with van der Waals surface area (Å²) >= 11 is 6.21. The quantitative estimate of drug-likeness (QED) is 0.426. The van der Waals surface area contributed by atoms with Gasteiger partial charge in [0, 0.05) is 18.6 Å². The Morgan fingerprint density at radius 3 is 2.53 bits per heavy atom. The highest BCUT2D eigenvalue weighted by Crippen LogP contribution is 2.27. The second kappa shape index (κ2) is 8.84. The summed E-state index contributed by atoms with van der Waals surface area (Å²) in [5.74, 6) is 2.14. The van der Waals surface area contributed by atoms with Crippen LogP contribution in [0.2, 0.25) is 5.02 Å². The fourth-order valence-corrected chi connectivity index (χ4v) is 3.16. The normalized spacial score (nSPS) is 11.4. The first-order valence-corrected chi connectivity index (χ1v) is 10.3. The van der Waals surface area contributed by atoms with Crippen LogP contribution in [0.5, 0.6) is 17.2 Å². The number of ether oxygens (including phenoxy) is 2.